The van der Waals surface area contributed by atoms with Crippen molar-refractivity contribution in [2.24, 2.45) is 0 Å². The van der Waals surface area contributed by atoms with Gasteiger partial charge in [-0.1, -0.05) is 0 Å². The quantitative estimate of drug-likeness (QED) is 0.796. The minimum absolute atomic E-state index is 0.297. The Morgan fingerprint density at radius 2 is 1.88 bits per heavy atom. The summed E-state index contributed by atoms with van der Waals surface area (Å²) >= 11 is 0. The second kappa shape index (κ2) is 4.96. The molecule has 1 aromatic heterocycles. The van der Waals surface area contributed by atoms with E-state index >= 15 is 0 Å². The average molecular weight is 232 g/mol. The third kappa shape index (κ3) is 2.72. The predicted octanol–water partition coefficient (Wildman–Crippen LogP) is 2.07. The van der Waals surface area contributed by atoms with Crippen molar-refractivity contribution >= 4 is 5.78 Å². The number of pyridine rings is 1. The number of hydrogen-bond donors (Lipinski definition) is 0. The zero-order valence-electron chi connectivity index (χ0n) is 10.6. The summed E-state index contributed by atoms with van der Waals surface area (Å²) in [7, 11) is 0. The molecule has 0 saturated carbocycles. The third-order valence-corrected chi connectivity index (χ3v) is 3.69. The first kappa shape index (κ1) is 12.2. The molecule has 92 valence electrons. The van der Waals surface area contributed by atoms with Crippen molar-refractivity contribution in [2.75, 3.05) is 13.1 Å². The fourth-order valence-electron chi connectivity index (χ4n) is 2.35. The zero-order valence-corrected chi connectivity index (χ0v) is 10.6. The van der Waals surface area contributed by atoms with Gasteiger partial charge in [0.05, 0.1) is 5.54 Å². The fraction of sp³-hybridized carbons (Fsp3) is 0.571. The molecule has 0 spiro atoms. The molecule has 0 unspecified atom stereocenters. The Balaban J connectivity index is 2.04. The molecule has 0 radical (unpaired) electrons. The number of carbonyl (C=O) groups is 1. The summed E-state index contributed by atoms with van der Waals surface area (Å²) in [6.07, 6.45) is 6.42. The van der Waals surface area contributed by atoms with E-state index in [0.29, 0.717) is 12.2 Å². The van der Waals surface area contributed by atoms with Crippen molar-refractivity contribution in [3.63, 3.8) is 0 Å². The third-order valence-electron chi connectivity index (χ3n) is 3.69. The maximum absolute atomic E-state index is 12.4. The van der Waals surface area contributed by atoms with Gasteiger partial charge in [0.2, 0.25) is 0 Å². The normalized spacial score (nSPS) is 17.3. The molecule has 1 saturated heterocycles. The Hall–Kier alpha value is -1.22. The Morgan fingerprint density at radius 3 is 2.47 bits per heavy atom. The smallest absolute Gasteiger partial charge is 0.156 e. The van der Waals surface area contributed by atoms with Gasteiger partial charge in [0.1, 0.15) is 0 Å². The first-order valence-corrected chi connectivity index (χ1v) is 6.28. The van der Waals surface area contributed by atoms with Gasteiger partial charge in [-0.3, -0.25) is 14.7 Å². The Morgan fingerprint density at radius 1 is 1.29 bits per heavy atom. The molecule has 0 aromatic carbocycles. The summed E-state index contributed by atoms with van der Waals surface area (Å²) < 4.78 is 0. The molecule has 2 rings (SSSR count). The van der Waals surface area contributed by atoms with E-state index in [1.165, 1.54) is 12.8 Å². The first-order chi connectivity index (χ1) is 8.10. The second-order valence-corrected chi connectivity index (χ2v) is 5.21. The average Bonchev–Trinajstić information content (AvgIpc) is 2.84. The Labute approximate surface area is 103 Å². The highest BCUT2D eigenvalue weighted by Crippen LogP contribution is 2.23. The van der Waals surface area contributed by atoms with E-state index in [-0.39, 0.29) is 5.54 Å². The number of ketones is 1. The van der Waals surface area contributed by atoms with E-state index in [9.17, 15) is 4.79 Å². The van der Waals surface area contributed by atoms with E-state index in [1.54, 1.807) is 12.4 Å². The Kier molecular flexibility index (Phi) is 3.57. The van der Waals surface area contributed by atoms with Crippen LogP contribution in [0.25, 0.3) is 0 Å². The van der Waals surface area contributed by atoms with Crippen molar-refractivity contribution in [2.45, 2.75) is 38.6 Å². The van der Waals surface area contributed by atoms with Crippen LogP contribution in [-0.2, 0) is 11.2 Å². The highest BCUT2D eigenvalue weighted by molar-refractivity contribution is 5.89. The number of Topliss-reactive ketones (excluding diaryl/α,β-unsaturated/α-hetero) is 1. The van der Waals surface area contributed by atoms with Crippen molar-refractivity contribution in [1.82, 2.24) is 9.88 Å². The SMILES string of the molecule is CC(C)(C(=O)Cc1ccncc1)N1CCCC1. The molecule has 17 heavy (non-hydrogen) atoms. The van der Waals surface area contributed by atoms with Crippen LogP contribution in [-0.4, -0.2) is 34.3 Å². The van der Waals surface area contributed by atoms with Crippen LogP contribution in [0.4, 0.5) is 0 Å². The number of aromatic nitrogens is 1. The number of hydrogen-bond acceptors (Lipinski definition) is 3. The lowest BCUT2D eigenvalue weighted by Crippen LogP contribution is -2.49. The molecule has 0 aliphatic carbocycles. The van der Waals surface area contributed by atoms with Crippen LogP contribution >= 0.6 is 0 Å². The summed E-state index contributed by atoms with van der Waals surface area (Å²) in [6, 6.07) is 3.83. The number of likely N-dealkylation sites (tertiary alicyclic amines) is 1. The topological polar surface area (TPSA) is 33.2 Å². The highest BCUT2D eigenvalue weighted by Gasteiger charge is 2.35. The van der Waals surface area contributed by atoms with Crippen LogP contribution in [0.3, 0.4) is 0 Å². The largest absolute Gasteiger partial charge is 0.297 e. The van der Waals surface area contributed by atoms with Gasteiger partial charge in [0.25, 0.3) is 0 Å². The summed E-state index contributed by atoms with van der Waals surface area (Å²) in [6.45, 7) is 6.19. The van der Waals surface area contributed by atoms with Crippen LogP contribution in [0.2, 0.25) is 0 Å². The van der Waals surface area contributed by atoms with Gasteiger partial charge in [0, 0.05) is 18.8 Å². The molecule has 0 atom stereocenters. The van der Waals surface area contributed by atoms with E-state index < -0.39 is 0 Å². The lowest BCUT2D eigenvalue weighted by molar-refractivity contribution is -0.128. The number of carbonyl (C=O) groups excluding carboxylic acids is 1. The minimum Gasteiger partial charge on any atom is -0.297 e. The van der Waals surface area contributed by atoms with E-state index in [1.807, 2.05) is 26.0 Å². The molecule has 3 nitrogen and oxygen atoms in total. The predicted molar refractivity (Wildman–Crippen MR) is 67.8 cm³/mol. The standard InChI is InChI=1S/C14H20N2O/c1-14(2,16-9-3-4-10-16)13(17)11-12-5-7-15-8-6-12/h5-8H,3-4,9-11H2,1-2H3. The summed E-state index contributed by atoms with van der Waals surface area (Å²) in [5.41, 5.74) is 0.719. The highest BCUT2D eigenvalue weighted by atomic mass is 16.1. The van der Waals surface area contributed by atoms with Crippen LogP contribution in [0.1, 0.15) is 32.3 Å². The molecule has 2 heterocycles. The number of rotatable bonds is 4. The van der Waals surface area contributed by atoms with Gasteiger partial charge in [0.15, 0.2) is 5.78 Å². The second-order valence-electron chi connectivity index (χ2n) is 5.21. The minimum atomic E-state index is -0.334. The molecule has 0 N–H and O–H groups in total. The fourth-order valence-corrected chi connectivity index (χ4v) is 2.35. The van der Waals surface area contributed by atoms with Crippen molar-refractivity contribution in [3.8, 4) is 0 Å². The molecule has 0 bridgehead atoms. The molecule has 1 aliphatic rings. The molecule has 3 heteroatoms. The molecular formula is C14H20N2O. The lowest BCUT2D eigenvalue weighted by atomic mass is 9.92. The van der Waals surface area contributed by atoms with Crippen molar-refractivity contribution in [1.29, 1.82) is 0 Å². The molecule has 1 aromatic rings. The van der Waals surface area contributed by atoms with E-state index in [0.717, 1.165) is 18.7 Å². The monoisotopic (exact) mass is 232 g/mol. The molecule has 0 amide bonds. The zero-order chi connectivity index (χ0) is 12.3. The van der Waals surface area contributed by atoms with Crippen molar-refractivity contribution in [3.05, 3.63) is 30.1 Å². The van der Waals surface area contributed by atoms with Crippen LogP contribution in [0.5, 0.6) is 0 Å². The molecular weight excluding hydrogens is 212 g/mol. The summed E-state index contributed by atoms with van der Waals surface area (Å²) in [4.78, 5) is 18.6. The Bertz CT molecular complexity index is 380. The van der Waals surface area contributed by atoms with Gasteiger partial charge < -0.3 is 0 Å². The van der Waals surface area contributed by atoms with Gasteiger partial charge in [-0.25, -0.2) is 0 Å². The lowest BCUT2D eigenvalue weighted by Gasteiger charge is -2.34. The first-order valence-electron chi connectivity index (χ1n) is 6.28. The van der Waals surface area contributed by atoms with Gasteiger partial charge >= 0.3 is 0 Å². The van der Waals surface area contributed by atoms with Crippen LogP contribution in [0.15, 0.2) is 24.5 Å². The van der Waals surface area contributed by atoms with E-state index in [2.05, 4.69) is 9.88 Å². The number of nitrogens with zero attached hydrogens (tertiary/aromatic N) is 2. The maximum Gasteiger partial charge on any atom is 0.156 e. The van der Waals surface area contributed by atoms with E-state index in [4.69, 9.17) is 0 Å². The molecule has 1 fully saturated rings. The van der Waals surface area contributed by atoms with Gasteiger partial charge in [-0.15, -0.1) is 0 Å². The summed E-state index contributed by atoms with van der Waals surface area (Å²) in [5.74, 6) is 0.297. The van der Waals surface area contributed by atoms with Crippen LogP contribution in [0, 0.1) is 0 Å². The van der Waals surface area contributed by atoms with Gasteiger partial charge in [-0.2, -0.15) is 0 Å². The van der Waals surface area contributed by atoms with Gasteiger partial charge in [-0.05, 0) is 57.5 Å². The molecule has 1 aliphatic heterocycles. The van der Waals surface area contributed by atoms with Crippen LogP contribution < -0.4 is 0 Å². The maximum atomic E-state index is 12.4. The summed E-state index contributed by atoms with van der Waals surface area (Å²) in [5, 5.41) is 0. The van der Waals surface area contributed by atoms with Crippen molar-refractivity contribution < 1.29 is 4.79 Å².